The Morgan fingerprint density at radius 1 is 1.21 bits per heavy atom. The molecule has 102 valence electrons. The van der Waals surface area contributed by atoms with E-state index in [0.29, 0.717) is 18.0 Å². The smallest absolute Gasteiger partial charge is 0.200 e. The van der Waals surface area contributed by atoms with Crippen molar-refractivity contribution in [3.05, 3.63) is 34.3 Å². The summed E-state index contributed by atoms with van der Waals surface area (Å²) < 4.78 is 10.2. The van der Waals surface area contributed by atoms with E-state index in [-0.39, 0.29) is 5.75 Å². The number of methoxy groups -OCH3 is 2. The lowest BCUT2D eigenvalue weighted by molar-refractivity contribution is 0.339. The van der Waals surface area contributed by atoms with Crippen LogP contribution in [0.3, 0.4) is 0 Å². The van der Waals surface area contributed by atoms with Crippen molar-refractivity contribution in [2.75, 3.05) is 14.2 Å². The number of phenolic OH excluding ortho intramolecular Hbond substituents is 1. The van der Waals surface area contributed by atoms with Crippen LogP contribution in [0.5, 0.6) is 17.2 Å². The van der Waals surface area contributed by atoms with Gasteiger partial charge in [-0.25, -0.2) is 0 Å². The minimum Gasteiger partial charge on any atom is -0.502 e. The van der Waals surface area contributed by atoms with Gasteiger partial charge in [0.15, 0.2) is 11.5 Å². The summed E-state index contributed by atoms with van der Waals surface area (Å²) in [4.78, 5) is 5.20. The van der Waals surface area contributed by atoms with E-state index in [9.17, 15) is 5.11 Å². The third-order valence-electron chi connectivity index (χ3n) is 2.65. The lowest BCUT2D eigenvalue weighted by atomic mass is 10.2. The summed E-state index contributed by atoms with van der Waals surface area (Å²) in [6.45, 7) is 1.42. The molecule has 0 fully saturated rings. The van der Waals surface area contributed by atoms with E-state index >= 15 is 0 Å². The Hall–Kier alpha value is -1.79. The van der Waals surface area contributed by atoms with Crippen LogP contribution >= 0.6 is 11.3 Å². The number of hydrogen-bond donors (Lipinski definition) is 2. The topological polar surface area (TPSA) is 63.6 Å². The molecular weight excluding hydrogens is 264 g/mol. The number of phenols is 1. The van der Waals surface area contributed by atoms with Crippen LogP contribution in [0.4, 0.5) is 0 Å². The largest absolute Gasteiger partial charge is 0.502 e. The zero-order chi connectivity index (χ0) is 13.7. The van der Waals surface area contributed by atoms with Crippen molar-refractivity contribution in [1.29, 1.82) is 0 Å². The van der Waals surface area contributed by atoms with E-state index in [1.807, 2.05) is 11.7 Å². The Kier molecular flexibility index (Phi) is 4.59. The highest BCUT2D eigenvalue weighted by Crippen LogP contribution is 2.36. The fraction of sp³-hybridized carbons (Fsp3) is 0.308. The summed E-state index contributed by atoms with van der Waals surface area (Å²) >= 11 is 1.61. The molecule has 6 heteroatoms. The van der Waals surface area contributed by atoms with E-state index in [2.05, 4.69) is 10.3 Å². The second-order valence-electron chi connectivity index (χ2n) is 3.92. The second-order valence-corrected chi connectivity index (χ2v) is 4.89. The molecule has 2 aromatic rings. The minimum atomic E-state index is 0.0243. The molecule has 0 aliphatic heterocycles. The Morgan fingerprint density at radius 2 is 1.89 bits per heavy atom. The molecule has 5 nitrogen and oxygen atoms in total. The Balaban J connectivity index is 2.03. The number of aromatic hydroxyl groups is 1. The summed E-state index contributed by atoms with van der Waals surface area (Å²) in [6, 6.07) is 3.58. The van der Waals surface area contributed by atoms with Gasteiger partial charge in [0.05, 0.1) is 19.7 Å². The SMILES string of the molecule is COc1cc(CNCc2cncs2)cc(OC)c1O. The van der Waals surface area contributed by atoms with Crippen LogP contribution in [0.15, 0.2) is 23.8 Å². The average molecular weight is 280 g/mol. The van der Waals surface area contributed by atoms with E-state index in [0.717, 1.165) is 12.1 Å². The standard InChI is InChI=1S/C13H16N2O3S/c1-17-11-3-9(4-12(18-2)13(11)16)5-14-6-10-7-15-8-19-10/h3-4,7-8,14,16H,5-6H2,1-2H3. The zero-order valence-electron chi connectivity index (χ0n) is 10.8. The highest BCUT2D eigenvalue weighted by molar-refractivity contribution is 7.09. The first-order valence-corrected chi connectivity index (χ1v) is 6.64. The average Bonchev–Trinajstić information content (AvgIpc) is 2.93. The minimum absolute atomic E-state index is 0.0243. The van der Waals surface area contributed by atoms with Crippen LogP contribution < -0.4 is 14.8 Å². The summed E-state index contributed by atoms with van der Waals surface area (Å²) in [5, 5.41) is 13.1. The third kappa shape index (κ3) is 3.36. The monoisotopic (exact) mass is 280 g/mol. The molecule has 2 N–H and O–H groups in total. The lowest BCUT2D eigenvalue weighted by Gasteiger charge is -2.11. The maximum Gasteiger partial charge on any atom is 0.200 e. The van der Waals surface area contributed by atoms with E-state index < -0.39 is 0 Å². The molecule has 0 saturated heterocycles. The van der Waals surface area contributed by atoms with Crippen LogP contribution in [0.1, 0.15) is 10.4 Å². The van der Waals surface area contributed by atoms with Gasteiger partial charge in [-0.3, -0.25) is 4.98 Å². The molecule has 1 heterocycles. The first-order chi connectivity index (χ1) is 9.24. The number of benzene rings is 1. The highest BCUT2D eigenvalue weighted by atomic mass is 32.1. The molecule has 0 unspecified atom stereocenters. The van der Waals surface area contributed by atoms with Crippen molar-refractivity contribution in [2.24, 2.45) is 0 Å². The van der Waals surface area contributed by atoms with Gasteiger partial charge in [-0.15, -0.1) is 11.3 Å². The van der Waals surface area contributed by atoms with E-state index in [1.165, 1.54) is 19.1 Å². The summed E-state index contributed by atoms with van der Waals surface area (Å²) in [7, 11) is 3.03. The molecular formula is C13H16N2O3S. The third-order valence-corrected chi connectivity index (χ3v) is 3.43. The van der Waals surface area contributed by atoms with Crippen LogP contribution in [0.25, 0.3) is 0 Å². The first kappa shape index (κ1) is 13.6. The normalized spacial score (nSPS) is 10.4. The predicted octanol–water partition coefficient (Wildman–Crippen LogP) is 2.16. The lowest BCUT2D eigenvalue weighted by Crippen LogP contribution is -2.12. The molecule has 0 spiro atoms. The molecule has 0 atom stereocenters. The summed E-state index contributed by atoms with van der Waals surface area (Å²) in [5.41, 5.74) is 2.79. The molecule has 1 aromatic carbocycles. The van der Waals surface area contributed by atoms with Crippen LogP contribution in [-0.4, -0.2) is 24.3 Å². The highest BCUT2D eigenvalue weighted by Gasteiger charge is 2.10. The number of aromatic nitrogens is 1. The fourth-order valence-electron chi connectivity index (χ4n) is 1.71. The van der Waals surface area contributed by atoms with Gasteiger partial charge in [0.2, 0.25) is 5.75 Å². The molecule has 0 saturated carbocycles. The van der Waals surface area contributed by atoms with Crippen molar-refractivity contribution >= 4 is 11.3 Å². The predicted molar refractivity (Wildman–Crippen MR) is 73.9 cm³/mol. The van der Waals surface area contributed by atoms with Gasteiger partial charge < -0.3 is 19.9 Å². The number of nitrogens with zero attached hydrogens (tertiary/aromatic N) is 1. The van der Waals surface area contributed by atoms with Gasteiger partial charge in [-0.1, -0.05) is 0 Å². The van der Waals surface area contributed by atoms with Gasteiger partial charge in [0.1, 0.15) is 0 Å². The van der Waals surface area contributed by atoms with Crippen molar-refractivity contribution in [1.82, 2.24) is 10.3 Å². The van der Waals surface area contributed by atoms with Crippen molar-refractivity contribution in [3.8, 4) is 17.2 Å². The zero-order valence-corrected chi connectivity index (χ0v) is 11.7. The van der Waals surface area contributed by atoms with Gasteiger partial charge >= 0.3 is 0 Å². The molecule has 0 amide bonds. The van der Waals surface area contributed by atoms with Gasteiger partial charge in [0, 0.05) is 24.2 Å². The van der Waals surface area contributed by atoms with Gasteiger partial charge in [-0.2, -0.15) is 0 Å². The summed E-state index contributed by atoms with van der Waals surface area (Å²) in [5.74, 6) is 0.846. The molecule has 0 bridgehead atoms. The van der Waals surface area contributed by atoms with E-state index in [4.69, 9.17) is 9.47 Å². The maximum atomic E-state index is 9.81. The number of ether oxygens (including phenoxy) is 2. The number of nitrogens with one attached hydrogen (secondary N) is 1. The number of hydrogen-bond acceptors (Lipinski definition) is 6. The molecule has 1 aromatic heterocycles. The second kappa shape index (κ2) is 6.40. The van der Waals surface area contributed by atoms with Crippen LogP contribution in [-0.2, 0) is 13.1 Å². The Bertz CT molecular complexity index is 504. The van der Waals surface area contributed by atoms with Crippen LogP contribution in [0, 0.1) is 0 Å². The van der Waals surface area contributed by atoms with E-state index in [1.54, 1.807) is 23.5 Å². The van der Waals surface area contributed by atoms with Gasteiger partial charge in [-0.05, 0) is 17.7 Å². The molecule has 0 aliphatic carbocycles. The quantitative estimate of drug-likeness (QED) is 0.849. The van der Waals surface area contributed by atoms with Crippen molar-refractivity contribution in [3.63, 3.8) is 0 Å². The maximum absolute atomic E-state index is 9.81. The first-order valence-electron chi connectivity index (χ1n) is 5.76. The number of thiazole rings is 1. The number of rotatable bonds is 6. The van der Waals surface area contributed by atoms with Gasteiger partial charge in [0.25, 0.3) is 0 Å². The molecule has 0 radical (unpaired) electrons. The molecule has 0 aliphatic rings. The van der Waals surface area contributed by atoms with Crippen molar-refractivity contribution < 1.29 is 14.6 Å². The Labute approximate surface area is 115 Å². The fourth-order valence-corrected chi connectivity index (χ4v) is 2.27. The molecule has 19 heavy (non-hydrogen) atoms. The summed E-state index contributed by atoms with van der Waals surface area (Å²) in [6.07, 6.45) is 1.84. The van der Waals surface area contributed by atoms with Crippen molar-refractivity contribution in [2.45, 2.75) is 13.1 Å². The Morgan fingerprint density at radius 3 is 2.42 bits per heavy atom. The van der Waals surface area contributed by atoms with Crippen LogP contribution in [0.2, 0.25) is 0 Å². The molecule has 2 rings (SSSR count).